The van der Waals surface area contributed by atoms with E-state index in [0.29, 0.717) is 12.2 Å². The highest BCUT2D eigenvalue weighted by molar-refractivity contribution is 5.96. The van der Waals surface area contributed by atoms with Gasteiger partial charge in [0.25, 0.3) is 5.91 Å². The Balaban J connectivity index is 2.04. The van der Waals surface area contributed by atoms with Gasteiger partial charge in [-0.15, -0.1) is 0 Å². The summed E-state index contributed by atoms with van der Waals surface area (Å²) in [7, 11) is 0. The summed E-state index contributed by atoms with van der Waals surface area (Å²) in [6.07, 6.45) is 0.862. The van der Waals surface area contributed by atoms with E-state index < -0.39 is 0 Å². The van der Waals surface area contributed by atoms with Crippen LogP contribution in [-0.2, 0) is 4.74 Å². The van der Waals surface area contributed by atoms with E-state index in [1.54, 1.807) is 0 Å². The summed E-state index contributed by atoms with van der Waals surface area (Å²) in [6.45, 7) is 6.56. The fraction of sp³-hybridized carbons (Fsp3) is 0.533. The number of nitrogens with two attached hydrogens (primary N) is 1. The van der Waals surface area contributed by atoms with E-state index in [0.717, 1.165) is 17.5 Å². The Morgan fingerprint density at radius 2 is 2.21 bits per heavy atom. The van der Waals surface area contributed by atoms with Crippen LogP contribution in [0.2, 0.25) is 0 Å². The van der Waals surface area contributed by atoms with E-state index in [1.807, 2.05) is 39.0 Å². The van der Waals surface area contributed by atoms with Crippen LogP contribution in [0.15, 0.2) is 18.2 Å². The lowest BCUT2D eigenvalue weighted by Crippen LogP contribution is -2.64. The first-order chi connectivity index (χ1) is 9.02. The Morgan fingerprint density at radius 3 is 2.79 bits per heavy atom. The summed E-state index contributed by atoms with van der Waals surface area (Å²) >= 11 is 0. The van der Waals surface area contributed by atoms with Crippen molar-refractivity contribution in [2.45, 2.75) is 45.4 Å². The molecule has 0 radical (unpaired) electrons. The van der Waals surface area contributed by atoms with Crippen molar-refractivity contribution >= 4 is 5.91 Å². The van der Waals surface area contributed by atoms with Gasteiger partial charge in [-0.2, -0.15) is 0 Å². The van der Waals surface area contributed by atoms with E-state index in [4.69, 9.17) is 10.5 Å². The fourth-order valence-corrected chi connectivity index (χ4v) is 2.52. The molecule has 1 saturated carbocycles. The maximum Gasteiger partial charge on any atom is 0.251 e. The minimum Gasteiger partial charge on any atom is -0.376 e. The van der Waals surface area contributed by atoms with Crippen molar-refractivity contribution in [1.29, 1.82) is 0 Å². The van der Waals surface area contributed by atoms with Crippen LogP contribution in [0.1, 0.15) is 34.8 Å². The van der Waals surface area contributed by atoms with Crippen molar-refractivity contribution in [2.75, 3.05) is 6.61 Å². The second-order valence-corrected chi connectivity index (χ2v) is 5.21. The molecule has 19 heavy (non-hydrogen) atoms. The first kappa shape index (κ1) is 14.0. The van der Waals surface area contributed by atoms with E-state index in [-0.39, 0.29) is 24.1 Å². The van der Waals surface area contributed by atoms with Crippen LogP contribution in [0.25, 0.3) is 0 Å². The van der Waals surface area contributed by atoms with Crippen molar-refractivity contribution in [2.24, 2.45) is 5.73 Å². The van der Waals surface area contributed by atoms with Crippen LogP contribution in [0.4, 0.5) is 0 Å². The molecule has 2 rings (SSSR count). The van der Waals surface area contributed by atoms with Crippen LogP contribution in [0.3, 0.4) is 0 Å². The lowest BCUT2D eigenvalue weighted by molar-refractivity contribution is -0.0300. The first-order valence-electron chi connectivity index (χ1n) is 6.78. The van der Waals surface area contributed by atoms with Gasteiger partial charge in [-0.25, -0.2) is 0 Å². The van der Waals surface area contributed by atoms with Gasteiger partial charge < -0.3 is 15.8 Å². The second kappa shape index (κ2) is 5.72. The van der Waals surface area contributed by atoms with Gasteiger partial charge in [0.2, 0.25) is 0 Å². The molecular weight excluding hydrogens is 240 g/mol. The van der Waals surface area contributed by atoms with Crippen molar-refractivity contribution in [3.63, 3.8) is 0 Å². The number of carbonyl (C=O) groups is 1. The van der Waals surface area contributed by atoms with Crippen molar-refractivity contribution in [3.8, 4) is 0 Å². The van der Waals surface area contributed by atoms with Crippen LogP contribution in [-0.4, -0.2) is 30.7 Å². The average molecular weight is 262 g/mol. The molecular formula is C15H22N2O2. The van der Waals surface area contributed by atoms with Crippen LogP contribution in [0, 0.1) is 13.8 Å². The SMILES string of the molecule is CCOC1CC(N)C1NC(=O)c1ccc(C)cc1C. The summed E-state index contributed by atoms with van der Waals surface area (Å²) in [5.74, 6) is -0.0673. The molecule has 1 aliphatic rings. The highest BCUT2D eigenvalue weighted by Gasteiger charge is 2.40. The van der Waals surface area contributed by atoms with Crippen molar-refractivity contribution in [3.05, 3.63) is 34.9 Å². The largest absolute Gasteiger partial charge is 0.376 e. The molecule has 1 amide bonds. The summed E-state index contributed by atoms with van der Waals surface area (Å²) in [4.78, 5) is 12.3. The summed E-state index contributed by atoms with van der Waals surface area (Å²) in [6, 6.07) is 5.73. The van der Waals surface area contributed by atoms with Crippen LogP contribution >= 0.6 is 0 Å². The van der Waals surface area contributed by atoms with E-state index in [1.165, 1.54) is 0 Å². The Hall–Kier alpha value is -1.39. The smallest absolute Gasteiger partial charge is 0.251 e. The van der Waals surface area contributed by atoms with E-state index in [9.17, 15) is 4.79 Å². The molecule has 0 aromatic heterocycles. The Kier molecular flexibility index (Phi) is 4.22. The lowest BCUT2D eigenvalue weighted by atomic mass is 9.83. The third-order valence-corrected chi connectivity index (χ3v) is 3.67. The standard InChI is InChI=1S/C15H22N2O2/c1-4-19-13-8-12(16)14(13)17-15(18)11-6-5-9(2)7-10(11)3/h5-7,12-14H,4,8,16H2,1-3H3,(H,17,18). The molecule has 0 aliphatic heterocycles. The second-order valence-electron chi connectivity index (χ2n) is 5.21. The quantitative estimate of drug-likeness (QED) is 0.865. The number of carbonyl (C=O) groups excluding carboxylic acids is 1. The third kappa shape index (κ3) is 2.96. The van der Waals surface area contributed by atoms with Crippen molar-refractivity contribution < 1.29 is 9.53 Å². The molecule has 3 unspecified atom stereocenters. The number of rotatable bonds is 4. The van der Waals surface area contributed by atoms with Crippen LogP contribution < -0.4 is 11.1 Å². The minimum atomic E-state index is -0.0758. The molecule has 104 valence electrons. The summed E-state index contributed by atoms with van der Waals surface area (Å²) in [5, 5.41) is 2.99. The third-order valence-electron chi connectivity index (χ3n) is 3.67. The highest BCUT2D eigenvalue weighted by Crippen LogP contribution is 2.23. The predicted octanol–water partition coefficient (Wildman–Crippen LogP) is 1.54. The van der Waals surface area contributed by atoms with Gasteiger partial charge in [0.1, 0.15) is 0 Å². The summed E-state index contributed by atoms with van der Waals surface area (Å²) in [5.41, 5.74) is 8.78. The maximum absolute atomic E-state index is 12.3. The minimum absolute atomic E-state index is 0.00810. The van der Waals surface area contributed by atoms with E-state index in [2.05, 4.69) is 5.32 Å². The molecule has 1 fully saturated rings. The van der Waals surface area contributed by atoms with Gasteiger partial charge in [0.05, 0.1) is 12.1 Å². The summed E-state index contributed by atoms with van der Waals surface area (Å²) < 4.78 is 5.55. The number of aryl methyl sites for hydroxylation is 2. The number of hydrogen-bond donors (Lipinski definition) is 2. The Bertz CT molecular complexity index is 471. The zero-order chi connectivity index (χ0) is 14.0. The molecule has 0 bridgehead atoms. The number of hydrogen-bond acceptors (Lipinski definition) is 3. The number of nitrogens with one attached hydrogen (secondary N) is 1. The van der Waals surface area contributed by atoms with Gasteiger partial charge in [0, 0.05) is 18.2 Å². The van der Waals surface area contributed by atoms with Gasteiger partial charge in [-0.1, -0.05) is 17.7 Å². The lowest BCUT2D eigenvalue weighted by Gasteiger charge is -2.42. The molecule has 3 N–H and O–H groups in total. The van der Waals surface area contributed by atoms with E-state index >= 15 is 0 Å². The van der Waals surface area contributed by atoms with Crippen LogP contribution in [0.5, 0.6) is 0 Å². The number of benzene rings is 1. The number of amides is 1. The van der Waals surface area contributed by atoms with Gasteiger partial charge in [-0.3, -0.25) is 4.79 Å². The molecule has 0 heterocycles. The monoisotopic (exact) mass is 262 g/mol. The fourth-order valence-electron chi connectivity index (χ4n) is 2.52. The Labute approximate surface area is 114 Å². The predicted molar refractivity (Wildman–Crippen MR) is 75.2 cm³/mol. The molecule has 0 spiro atoms. The normalized spacial score (nSPS) is 25.8. The maximum atomic E-state index is 12.3. The zero-order valence-corrected chi connectivity index (χ0v) is 11.8. The number of ether oxygens (including phenoxy) is 1. The first-order valence-corrected chi connectivity index (χ1v) is 6.78. The molecule has 3 atom stereocenters. The highest BCUT2D eigenvalue weighted by atomic mass is 16.5. The van der Waals surface area contributed by atoms with Gasteiger partial charge in [-0.05, 0) is 38.8 Å². The van der Waals surface area contributed by atoms with Crippen molar-refractivity contribution in [1.82, 2.24) is 5.32 Å². The van der Waals surface area contributed by atoms with Gasteiger partial charge in [0.15, 0.2) is 0 Å². The average Bonchev–Trinajstić information content (AvgIpc) is 2.35. The molecule has 1 aromatic carbocycles. The molecule has 1 aromatic rings. The molecule has 4 heteroatoms. The molecule has 4 nitrogen and oxygen atoms in total. The Morgan fingerprint density at radius 1 is 1.47 bits per heavy atom. The van der Waals surface area contributed by atoms with Gasteiger partial charge >= 0.3 is 0 Å². The zero-order valence-electron chi connectivity index (χ0n) is 11.8. The molecule has 0 saturated heterocycles. The topological polar surface area (TPSA) is 64.3 Å². The molecule has 1 aliphatic carbocycles.